The third-order valence-corrected chi connectivity index (χ3v) is 3.68. The molecule has 2 aromatic rings. The molecule has 122 valence electrons. The average molecular weight is 314 g/mol. The van der Waals surface area contributed by atoms with Gasteiger partial charge in [-0.1, -0.05) is 0 Å². The maximum absolute atomic E-state index is 11.6. The molecule has 7 heteroatoms. The van der Waals surface area contributed by atoms with Crippen LogP contribution in [0.3, 0.4) is 0 Å². The minimum Gasteiger partial charge on any atom is -0.369 e. The van der Waals surface area contributed by atoms with Crippen LogP contribution in [0.2, 0.25) is 0 Å². The Morgan fingerprint density at radius 1 is 1.35 bits per heavy atom. The zero-order valence-corrected chi connectivity index (χ0v) is 13.5. The van der Waals surface area contributed by atoms with E-state index in [-0.39, 0.29) is 5.91 Å². The van der Waals surface area contributed by atoms with Gasteiger partial charge in [-0.15, -0.1) is 0 Å². The van der Waals surface area contributed by atoms with Crippen LogP contribution >= 0.6 is 0 Å². The summed E-state index contributed by atoms with van der Waals surface area (Å²) in [5.41, 5.74) is 1.97. The number of hydrogen-bond donors (Lipinski definition) is 2. The topological polar surface area (TPSA) is 84.7 Å². The van der Waals surface area contributed by atoms with Gasteiger partial charge in [0.2, 0.25) is 5.91 Å². The summed E-state index contributed by atoms with van der Waals surface area (Å²) >= 11 is 0. The van der Waals surface area contributed by atoms with E-state index in [1.165, 1.54) is 0 Å². The molecule has 0 atom stereocenters. The number of carbonyl (C=O) groups is 1. The molecule has 2 heterocycles. The second-order valence-corrected chi connectivity index (χ2v) is 5.97. The highest BCUT2D eigenvalue weighted by atomic mass is 16.1. The van der Waals surface area contributed by atoms with Crippen molar-refractivity contribution in [1.82, 2.24) is 25.1 Å². The predicted molar refractivity (Wildman–Crippen MR) is 87.5 cm³/mol. The molecule has 3 rings (SSSR count). The van der Waals surface area contributed by atoms with Crippen molar-refractivity contribution in [3.8, 4) is 5.82 Å². The van der Waals surface area contributed by atoms with Crippen LogP contribution in [0.5, 0.6) is 0 Å². The molecule has 0 aliphatic heterocycles. The minimum absolute atomic E-state index is 0.136. The van der Waals surface area contributed by atoms with E-state index in [9.17, 15) is 4.79 Å². The zero-order chi connectivity index (χ0) is 16.2. The van der Waals surface area contributed by atoms with E-state index in [1.807, 2.05) is 19.9 Å². The summed E-state index contributed by atoms with van der Waals surface area (Å²) in [7, 11) is 0. The lowest BCUT2D eigenvalue weighted by molar-refractivity contribution is -0.121. The van der Waals surface area contributed by atoms with E-state index in [0.717, 1.165) is 30.7 Å². The quantitative estimate of drug-likeness (QED) is 0.761. The standard InChI is InChI=1S/C16H22N6O/c1-11-8-12(2)22(21-11)15-10-17-9-14(20-15)18-7-3-4-16(23)19-13-5-6-13/h8-10,13H,3-7H2,1-2H3,(H,18,20)(H,19,23). The Bertz CT molecular complexity index is 692. The van der Waals surface area contributed by atoms with Crippen molar-refractivity contribution in [1.29, 1.82) is 0 Å². The summed E-state index contributed by atoms with van der Waals surface area (Å²) in [5, 5.41) is 10.6. The summed E-state index contributed by atoms with van der Waals surface area (Å²) in [4.78, 5) is 20.3. The van der Waals surface area contributed by atoms with Gasteiger partial charge in [0.1, 0.15) is 5.82 Å². The molecule has 2 aromatic heterocycles. The number of rotatable bonds is 7. The molecular formula is C16H22N6O. The SMILES string of the molecule is Cc1cc(C)n(-c2cncc(NCCCC(=O)NC3CC3)n2)n1. The molecule has 0 unspecified atom stereocenters. The van der Waals surface area contributed by atoms with E-state index < -0.39 is 0 Å². The number of nitrogens with one attached hydrogen (secondary N) is 2. The van der Waals surface area contributed by atoms with Gasteiger partial charge in [-0.05, 0) is 39.2 Å². The Morgan fingerprint density at radius 2 is 2.17 bits per heavy atom. The fraction of sp³-hybridized carbons (Fsp3) is 0.500. The van der Waals surface area contributed by atoms with E-state index in [2.05, 4.69) is 25.7 Å². The van der Waals surface area contributed by atoms with E-state index in [4.69, 9.17) is 0 Å². The second kappa shape index (κ2) is 6.76. The number of carbonyl (C=O) groups excluding carboxylic acids is 1. The summed E-state index contributed by atoms with van der Waals surface area (Å²) in [6, 6.07) is 2.43. The van der Waals surface area contributed by atoms with Gasteiger partial charge < -0.3 is 10.6 Å². The fourth-order valence-corrected chi connectivity index (χ4v) is 2.40. The number of anilines is 1. The van der Waals surface area contributed by atoms with E-state index in [1.54, 1.807) is 17.1 Å². The van der Waals surface area contributed by atoms with Crippen molar-refractivity contribution in [2.45, 2.75) is 45.6 Å². The third kappa shape index (κ3) is 4.28. The molecule has 2 N–H and O–H groups in total. The Kier molecular flexibility index (Phi) is 4.55. The molecular weight excluding hydrogens is 292 g/mol. The number of nitrogens with zero attached hydrogens (tertiary/aromatic N) is 4. The highest BCUT2D eigenvalue weighted by Crippen LogP contribution is 2.18. The molecule has 1 amide bonds. The maximum atomic E-state index is 11.6. The minimum atomic E-state index is 0.136. The van der Waals surface area contributed by atoms with Gasteiger partial charge in [0.25, 0.3) is 0 Å². The van der Waals surface area contributed by atoms with Crippen LogP contribution < -0.4 is 10.6 Å². The highest BCUT2D eigenvalue weighted by Gasteiger charge is 2.22. The second-order valence-electron chi connectivity index (χ2n) is 5.97. The van der Waals surface area contributed by atoms with Crippen LogP contribution in [-0.4, -0.2) is 38.2 Å². The smallest absolute Gasteiger partial charge is 0.220 e. The molecule has 0 spiro atoms. The first-order chi connectivity index (χ1) is 11.1. The molecule has 23 heavy (non-hydrogen) atoms. The predicted octanol–water partition coefficient (Wildman–Crippen LogP) is 1.75. The van der Waals surface area contributed by atoms with E-state index >= 15 is 0 Å². The van der Waals surface area contributed by atoms with Gasteiger partial charge in [0.15, 0.2) is 5.82 Å². The maximum Gasteiger partial charge on any atom is 0.220 e. The lowest BCUT2D eigenvalue weighted by atomic mass is 10.3. The molecule has 1 fully saturated rings. The normalized spacial score (nSPS) is 13.8. The molecule has 0 aromatic carbocycles. The van der Waals surface area contributed by atoms with Crippen molar-refractivity contribution in [3.05, 3.63) is 29.8 Å². The van der Waals surface area contributed by atoms with Crippen molar-refractivity contribution >= 4 is 11.7 Å². The molecule has 1 saturated carbocycles. The first kappa shape index (κ1) is 15.5. The third-order valence-electron chi connectivity index (χ3n) is 3.68. The highest BCUT2D eigenvalue weighted by molar-refractivity contribution is 5.76. The average Bonchev–Trinajstić information content (AvgIpc) is 3.26. The molecule has 1 aliphatic rings. The Labute approximate surface area is 135 Å². The van der Waals surface area contributed by atoms with Crippen LogP contribution in [0, 0.1) is 13.8 Å². The molecule has 1 aliphatic carbocycles. The lowest BCUT2D eigenvalue weighted by Gasteiger charge is -2.08. The van der Waals surface area contributed by atoms with Crippen molar-refractivity contribution in [3.63, 3.8) is 0 Å². The Hall–Kier alpha value is -2.44. The summed E-state index contributed by atoms with van der Waals surface area (Å²) in [6.45, 7) is 4.62. The van der Waals surface area contributed by atoms with E-state index in [0.29, 0.717) is 30.6 Å². The fourth-order valence-electron chi connectivity index (χ4n) is 2.40. The van der Waals surface area contributed by atoms with Crippen molar-refractivity contribution < 1.29 is 4.79 Å². The number of aryl methyl sites for hydroxylation is 2. The van der Waals surface area contributed by atoms with Crippen LogP contribution in [-0.2, 0) is 4.79 Å². The van der Waals surface area contributed by atoms with Gasteiger partial charge in [-0.25, -0.2) is 9.67 Å². The Morgan fingerprint density at radius 3 is 2.87 bits per heavy atom. The largest absolute Gasteiger partial charge is 0.369 e. The first-order valence-electron chi connectivity index (χ1n) is 8.01. The molecule has 0 saturated heterocycles. The molecule has 7 nitrogen and oxygen atoms in total. The van der Waals surface area contributed by atoms with Crippen LogP contribution in [0.1, 0.15) is 37.1 Å². The number of amides is 1. The summed E-state index contributed by atoms with van der Waals surface area (Å²) in [6.07, 6.45) is 6.92. The number of aromatic nitrogens is 4. The molecule has 0 radical (unpaired) electrons. The van der Waals surface area contributed by atoms with Crippen LogP contribution in [0.4, 0.5) is 5.82 Å². The van der Waals surface area contributed by atoms with Gasteiger partial charge >= 0.3 is 0 Å². The monoisotopic (exact) mass is 314 g/mol. The van der Waals surface area contributed by atoms with Crippen molar-refractivity contribution in [2.24, 2.45) is 0 Å². The lowest BCUT2D eigenvalue weighted by Crippen LogP contribution is -2.25. The molecule has 0 bridgehead atoms. The van der Waals surface area contributed by atoms with Crippen LogP contribution in [0.25, 0.3) is 5.82 Å². The summed E-state index contributed by atoms with van der Waals surface area (Å²) < 4.78 is 1.77. The van der Waals surface area contributed by atoms with Gasteiger partial charge in [-0.3, -0.25) is 9.78 Å². The Balaban J connectivity index is 1.51. The van der Waals surface area contributed by atoms with Crippen LogP contribution in [0.15, 0.2) is 18.5 Å². The zero-order valence-electron chi connectivity index (χ0n) is 13.5. The van der Waals surface area contributed by atoms with Gasteiger partial charge in [-0.2, -0.15) is 5.10 Å². The summed E-state index contributed by atoms with van der Waals surface area (Å²) in [5.74, 6) is 1.52. The van der Waals surface area contributed by atoms with Crippen molar-refractivity contribution in [2.75, 3.05) is 11.9 Å². The first-order valence-corrected chi connectivity index (χ1v) is 8.01. The van der Waals surface area contributed by atoms with Gasteiger partial charge in [0.05, 0.1) is 18.1 Å². The number of hydrogen-bond acceptors (Lipinski definition) is 5. The van der Waals surface area contributed by atoms with Gasteiger partial charge in [0, 0.05) is 24.7 Å².